The smallest absolute Gasteiger partial charge is 0.0708 e. The Hall–Kier alpha value is -1.67. The molecule has 0 saturated carbocycles. The summed E-state index contributed by atoms with van der Waals surface area (Å²) < 4.78 is 0. The molecular weight excluding hydrogens is 232 g/mol. The predicted octanol–water partition coefficient (Wildman–Crippen LogP) is 4.16. The summed E-state index contributed by atoms with van der Waals surface area (Å²) in [7, 11) is 0. The van der Waals surface area contributed by atoms with E-state index in [1.807, 2.05) is 12.1 Å². The average Bonchev–Trinajstić information content (AvgIpc) is 2.42. The number of rotatable bonds is 6. The summed E-state index contributed by atoms with van der Waals surface area (Å²) in [5, 5.41) is 4.85. The van der Waals surface area contributed by atoms with Gasteiger partial charge in [-0.15, -0.1) is 6.58 Å². The third-order valence-electron chi connectivity index (χ3n) is 3.29. The first-order valence-corrected chi connectivity index (χ1v) is 6.96. The van der Waals surface area contributed by atoms with Gasteiger partial charge < -0.3 is 5.32 Å². The van der Waals surface area contributed by atoms with Crippen LogP contribution < -0.4 is 5.32 Å². The first-order chi connectivity index (χ1) is 9.26. The molecule has 0 spiro atoms. The normalized spacial score (nSPS) is 12.5. The van der Waals surface area contributed by atoms with Gasteiger partial charge >= 0.3 is 0 Å². The highest BCUT2D eigenvalue weighted by atomic mass is 14.9. The third-order valence-corrected chi connectivity index (χ3v) is 3.29. The number of nitrogens with one attached hydrogen (secondary N) is 1. The minimum Gasteiger partial charge on any atom is -0.310 e. The fourth-order valence-corrected chi connectivity index (χ4v) is 2.43. The summed E-state index contributed by atoms with van der Waals surface area (Å²) in [6.45, 7) is 9.15. The molecule has 100 valence electrons. The second-order valence-electron chi connectivity index (χ2n) is 4.90. The van der Waals surface area contributed by atoms with Gasteiger partial charge in [0, 0.05) is 17.1 Å². The number of aromatic nitrogens is 1. The van der Waals surface area contributed by atoms with Gasteiger partial charge in [0.15, 0.2) is 0 Å². The zero-order valence-electron chi connectivity index (χ0n) is 11.8. The van der Waals surface area contributed by atoms with Gasteiger partial charge in [-0.05, 0) is 44.0 Å². The lowest BCUT2D eigenvalue weighted by atomic mass is 9.98. The highest BCUT2D eigenvalue weighted by Crippen LogP contribution is 2.26. The molecule has 1 aromatic heterocycles. The monoisotopic (exact) mass is 254 g/mol. The highest BCUT2D eigenvalue weighted by molar-refractivity contribution is 5.82. The summed E-state index contributed by atoms with van der Waals surface area (Å²) in [5.74, 6) is 0. The van der Waals surface area contributed by atoms with Gasteiger partial charge in [0.1, 0.15) is 0 Å². The average molecular weight is 254 g/mol. The van der Waals surface area contributed by atoms with E-state index in [9.17, 15) is 0 Å². The summed E-state index contributed by atoms with van der Waals surface area (Å²) in [4.78, 5) is 4.61. The van der Waals surface area contributed by atoms with Crippen LogP contribution in [0.3, 0.4) is 0 Å². The van der Waals surface area contributed by atoms with Crippen molar-refractivity contribution in [3.8, 4) is 0 Å². The maximum atomic E-state index is 4.61. The number of nitrogens with zero attached hydrogens (tertiary/aromatic N) is 1. The van der Waals surface area contributed by atoms with Crippen LogP contribution in [0, 0.1) is 6.92 Å². The van der Waals surface area contributed by atoms with Gasteiger partial charge in [0.25, 0.3) is 0 Å². The Morgan fingerprint density at radius 1 is 1.37 bits per heavy atom. The van der Waals surface area contributed by atoms with Crippen LogP contribution in [0.1, 0.15) is 37.1 Å². The lowest BCUT2D eigenvalue weighted by Gasteiger charge is -2.19. The predicted molar refractivity (Wildman–Crippen MR) is 82.3 cm³/mol. The van der Waals surface area contributed by atoms with Crippen LogP contribution in [0.25, 0.3) is 10.9 Å². The summed E-state index contributed by atoms with van der Waals surface area (Å²) in [6, 6.07) is 10.9. The zero-order chi connectivity index (χ0) is 13.7. The van der Waals surface area contributed by atoms with Crippen molar-refractivity contribution in [3.05, 3.63) is 54.2 Å². The second-order valence-corrected chi connectivity index (χ2v) is 4.90. The molecule has 0 fully saturated rings. The second kappa shape index (κ2) is 6.48. The molecule has 2 nitrogen and oxygen atoms in total. The molecular formula is C17H22N2. The van der Waals surface area contributed by atoms with Crippen molar-refractivity contribution in [3.63, 3.8) is 0 Å². The van der Waals surface area contributed by atoms with Crippen molar-refractivity contribution in [1.82, 2.24) is 10.3 Å². The quantitative estimate of drug-likeness (QED) is 0.783. The van der Waals surface area contributed by atoms with E-state index in [1.165, 1.54) is 10.9 Å². The maximum absolute atomic E-state index is 4.61. The molecule has 2 aromatic rings. The molecule has 2 heteroatoms. The van der Waals surface area contributed by atoms with Gasteiger partial charge in [-0.3, -0.25) is 4.98 Å². The van der Waals surface area contributed by atoms with E-state index in [-0.39, 0.29) is 0 Å². The van der Waals surface area contributed by atoms with Gasteiger partial charge in [-0.1, -0.05) is 31.2 Å². The molecule has 0 amide bonds. The Morgan fingerprint density at radius 2 is 2.16 bits per heavy atom. The Kier molecular flexibility index (Phi) is 4.69. The lowest BCUT2D eigenvalue weighted by molar-refractivity contribution is 0.540. The van der Waals surface area contributed by atoms with Gasteiger partial charge in [0.2, 0.25) is 0 Å². The molecule has 1 heterocycles. The molecule has 1 aromatic carbocycles. The number of benzene rings is 1. The maximum Gasteiger partial charge on any atom is 0.0708 e. The SMILES string of the molecule is C=CCC(NCCC)c1cc(C)nc2ccccc12. The largest absolute Gasteiger partial charge is 0.310 e. The van der Waals surface area contributed by atoms with Crippen molar-refractivity contribution in [1.29, 1.82) is 0 Å². The van der Waals surface area contributed by atoms with E-state index in [4.69, 9.17) is 0 Å². The minimum atomic E-state index is 0.323. The fourth-order valence-electron chi connectivity index (χ4n) is 2.43. The van der Waals surface area contributed by atoms with E-state index in [2.05, 4.69) is 55.0 Å². The number of fused-ring (bicyclic) bond motifs is 1. The van der Waals surface area contributed by atoms with E-state index in [1.54, 1.807) is 0 Å². The number of hydrogen-bond donors (Lipinski definition) is 1. The lowest BCUT2D eigenvalue weighted by Crippen LogP contribution is -2.22. The third kappa shape index (κ3) is 3.21. The van der Waals surface area contributed by atoms with Crippen molar-refractivity contribution in [2.24, 2.45) is 0 Å². The molecule has 0 bridgehead atoms. The van der Waals surface area contributed by atoms with Gasteiger partial charge in [-0.2, -0.15) is 0 Å². The summed E-state index contributed by atoms with van der Waals surface area (Å²) >= 11 is 0. The van der Waals surface area contributed by atoms with Crippen LogP contribution in [-0.2, 0) is 0 Å². The van der Waals surface area contributed by atoms with Crippen LogP contribution in [0.4, 0.5) is 0 Å². The highest BCUT2D eigenvalue weighted by Gasteiger charge is 2.13. The van der Waals surface area contributed by atoms with Crippen LogP contribution in [0.5, 0.6) is 0 Å². The van der Waals surface area contributed by atoms with Crippen LogP contribution >= 0.6 is 0 Å². The van der Waals surface area contributed by atoms with E-state index in [0.717, 1.165) is 30.6 Å². The molecule has 0 radical (unpaired) electrons. The molecule has 19 heavy (non-hydrogen) atoms. The molecule has 2 rings (SSSR count). The van der Waals surface area contributed by atoms with Crippen LogP contribution in [0.2, 0.25) is 0 Å². The zero-order valence-corrected chi connectivity index (χ0v) is 11.8. The fraction of sp³-hybridized carbons (Fsp3) is 0.353. The standard InChI is InChI=1S/C17H22N2/c1-4-8-16(18-11-5-2)15-12-13(3)19-17-10-7-6-9-14(15)17/h4,6-7,9-10,12,16,18H,1,5,8,11H2,2-3H3. The van der Waals surface area contributed by atoms with Crippen molar-refractivity contribution < 1.29 is 0 Å². The summed E-state index contributed by atoms with van der Waals surface area (Å²) in [5.41, 5.74) is 3.47. The van der Waals surface area contributed by atoms with E-state index < -0.39 is 0 Å². The topological polar surface area (TPSA) is 24.9 Å². The number of para-hydroxylation sites is 1. The number of hydrogen-bond acceptors (Lipinski definition) is 2. The molecule has 1 atom stereocenters. The van der Waals surface area contributed by atoms with Gasteiger partial charge in [-0.25, -0.2) is 0 Å². The van der Waals surface area contributed by atoms with Crippen molar-refractivity contribution in [2.75, 3.05) is 6.54 Å². The van der Waals surface area contributed by atoms with Crippen molar-refractivity contribution in [2.45, 2.75) is 32.7 Å². The van der Waals surface area contributed by atoms with Gasteiger partial charge in [0.05, 0.1) is 5.52 Å². The molecule has 0 aliphatic carbocycles. The molecule has 0 aliphatic rings. The van der Waals surface area contributed by atoms with E-state index >= 15 is 0 Å². The van der Waals surface area contributed by atoms with E-state index in [0.29, 0.717) is 6.04 Å². The minimum absolute atomic E-state index is 0.323. The number of pyridine rings is 1. The molecule has 0 aliphatic heterocycles. The molecule has 1 N–H and O–H groups in total. The van der Waals surface area contributed by atoms with Crippen molar-refractivity contribution >= 4 is 10.9 Å². The first kappa shape index (κ1) is 13.8. The Labute approximate surface area is 115 Å². The van der Waals surface area contributed by atoms with Crippen LogP contribution in [-0.4, -0.2) is 11.5 Å². The summed E-state index contributed by atoms with van der Waals surface area (Å²) in [6.07, 6.45) is 4.06. The first-order valence-electron chi connectivity index (χ1n) is 6.96. The number of aryl methyl sites for hydroxylation is 1. The van der Waals surface area contributed by atoms with Crippen LogP contribution in [0.15, 0.2) is 43.0 Å². The molecule has 0 saturated heterocycles. The Bertz CT molecular complexity index is 560. The Balaban J connectivity index is 2.47. The Morgan fingerprint density at radius 3 is 2.89 bits per heavy atom. The molecule has 1 unspecified atom stereocenters.